The highest BCUT2D eigenvalue weighted by atomic mass is 16.3. The molecule has 0 spiro atoms. The molecule has 0 saturated carbocycles. The van der Waals surface area contributed by atoms with Crippen LogP contribution < -0.4 is 0 Å². The van der Waals surface area contributed by atoms with Crippen LogP contribution in [-0.2, 0) is 0 Å². The van der Waals surface area contributed by atoms with Crippen molar-refractivity contribution in [3.05, 3.63) is 133 Å². The molecule has 5 heterocycles. The monoisotopic (exact) mass is 598 g/mol. The van der Waals surface area contributed by atoms with Crippen LogP contribution in [0.1, 0.15) is 0 Å². The van der Waals surface area contributed by atoms with E-state index in [1.54, 1.807) is 0 Å². The maximum atomic E-state index is 6.83. The van der Waals surface area contributed by atoms with Crippen molar-refractivity contribution >= 4 is 104 Å². The first-order valence-corrected chi connectivity index (χ1v) is 15.9. The van der Waals surface area contributed by atoms with E-state index >= 15 is 0 Å². The van der Waals surface area contributed by atoms with Crippen LogP contribution in [0.2, 0.25) is 0 Å². The average Bonchev–Trinajstić information content (AvgIpc) is 3.86. The Balaban J connectivity index is 1.35. The lowest BCUT2D eigenvalue weighted by Crippen LogP contribution is -1.95. The Morgan fingerprint density at radius 1 is 0.468 bits per heavy atom. The normalized spacial score (nSPS) is 12.7. The van der Waals surface area contributed by atoms with E-state index in [0.717, 1.165) is 77.3 Å². The first kappa shape index (κ1) is 23.9. The highest BCUT2D eigenvalue weighted by molar-refractivity contribution is 6.35. The van der Waals surface area contributed by atoms with E-state index in [-0.39, 0.29) is 0 Å². The predicted molar refractivity (Wildman–Crippen MR) is 193 cm³/mol. The summed E-state index contributed by atoms with van der Waals surface area (Å²) in [5.74, 6) is 0. The molecular formula is C42H22N4O. The fraction of sp³-hybridized carbons (Fsp3) is 0. The van der Waals surface area contributed by atoms with Gasteiger partial charge in [0.15, 0.2) is 11.2 Å². The number of nitrogens with zero attached hydrogens (tertiary/aromatic N) is 4. The molecule has 0 atom stereocenters. The fourth-order valence-electron chi connectivity index (χ4n) is 8.33. The number of aromatic nitrogens is 4. The van der Waals surface area contributed by atoms with Crippen molar-refractivity contribution in [3.8, 4) is 5.69 Å². The first-order chi connectivity index (χ1) is 23.3. The molecule has 12 aromatic rings. The summed E-state index contributed by atoms with van der Waals surface area (Å²) in [4.78, 5) is 10.4. The van der Waals surface area contributed by atoms with Gasteiger partial charge in [0, 0.05) is 43.4 Å². The van der Waals surface area contributed by atoms with Gasteiger partial charge in [-0.2, -0.15) is 0 Å². The molecule has 0 unspecified atom stereocenters. The standard InChI is InChI=1S/C42H22N4O/c1-2-13-26-25(12-1)36-27-14-4-9-19-34(27)45(40(36)41-37(26)28-15-5-10-20-35(28)47-41)23-21-29-24-11-3-8-18-33(24)46-39(29)30(22-23)38-42(46)44-32-17-7-6-16-31(32)43-38/h1-22H. The molecule has 0 bridgehead atoms. The van der Waals surface area contributed by atoms with Crippen LogP contribution in [0, 0.1) is 0 Å². The number of furan rings is 1. The van der Waals surface area contributed by atoms with Gasteiger partial charge in [0.1, 0.15) is 11.1 Å². The SMILES string of the molecule is c1ccc2nc3c(nc2c1)c1cc(-n2c4ccccc4c4c5ccccc5c5c6ccccc6oc5c42)cc2c4ccccc4n3c21. The van der Waals surface area contributed by atoms with Crippen LogP contribution in [-0.4, -0.2) is 18.9 Å². The second-order valence-electron chi connectivity index (χ2n) is 12.6. The number of hydrogen-bond donors (Lipinski definition) is 0. The van der Waals surface area contributed by atoms with Gasteiger partial charge in [-0.05, 0) is 53.2 Å². The number of fused-ring (bicyclic) bond motifs is 17. The van der Waals surface area contributed by atoms with Gasteiger partial charge in [-0.15, -0.1) is 0 Å². The maximum Gasteiger partial charge on any atom is 0.165 e. The summed E-state index contributed by atoms with van der Waals surface area (Å²) in [6.07, 6.45) is 0. The quantitative estimate of drug-likeness (QED) is 0.189. The summed E-state index contributed by atoms with van der Waals surface area (Å²) >= 11 is 0. The molecule has 0 N–H and O–H groups in total. The van der Waals surface area contributed by atoms with Crippen LogP contribution in [0.4, 0.5) is 0 Å². The summed E-state index contributed by atoms with van der Waals surface area (Å²) in [6, 6.07) is 47.3. The summed E-state index contributed by atoms with van der Waals surface area (Å²) in [5, 5.41) is 10.6. The highest BCUT2D eigenvalue weighted by Gasteiger charge is 2.25. The molecule has 0 aliphatic rings. The minimum atomic E-state index is 0.884. The molecule has 0 amide bonds. The third-order valence-electron chi connectivity index (χ3n) is 10.2. The molecule has 5 heteroatoms. The Labute approximate surface area is 265 Å². The van der Waals surface area contributed by atoms with Crippen molar-refractivity contribution in [2.45, 2.75) is 0 Å². The van der Waals surface area contributed by atoms with Crippen LogP contribution in [0.15, 0.2) is 138 Å². The second-order valence-corrected chi connectivity index (χ2v) is 12.6. The summed E-state index contributed by atoms with van der Waals surface area (Å²) in [6.45, 7) is 0. The van der Waals surface area contributed by atoms with Gasteiger partial charge in [0.25, 0.3) is 0 Å². The topological polar surface area (TPSA) is 48.3 Å². The van der Waals surface area contributed by atoms with Crippen molar-refractivity contribution < 1.29 is 4.42 Å². The van der Waals surface area contributed by atoms with Crippen molar-refractivity contribution in [3.63, 3.8) is 0 Å². The van der Waals surface area contributed by atoms with E-state index in [1.165, 1.54) is 32.3 Å². The van der Waals surface area contributed by atoms with E-state index < -0.39 is 0 Å². The molecule has 7 aromatic carbocycles. The van der Waals surface area contributed by atoms with Gasteiger partial charge < -0.3 is 8.98 Å². The third kappa shape index (κ3) is 2.82. The molecule has 47 heavy (non-hydrogen) atoms. The van der Waals surface area contributed by atoms with Crippen LogP contribution in [0.25, 0.3) is 110 Å². The summed E-state index contributed by atoms with van der Waals surface area (Å²) < 4.78 is 11.5. The lowest BCUT2D eigenvalue weighted by Gasteiger charge is -2.10. The second kappa shape index (κ2) is 8.22. The molecule has 5 aromatic heterocycles. The third-order valence-corrected chi connectivity index (χ3v) is 10.2. The van der Waals surface area contributed by atoms with Crippen molar-refractivity contribution in [1.82, 2.24) is 18.9 Å². The smallest absolute Gasteiger partial charge is 0.165 e. The van der Waals surface area contributed by atoms with Crippen LogP contribution in [0.3, 0.4) is 0 Å². The Morgan fingerprint density at radius 2 is 1.09 bits per heavy atom. The highest BCUT2D eigenvalue weighted by Crippen LogP contribution is 2.47. The molecule has 0 aliphatic heterocycles. The van der Waals surface area contributed by atoms with Crippen molar-refractivity contribution in [1.29, 1.82) is 0 Å². The van der Waals surface area contributed by atoms with Gasteiger partial charge in [0.2, 0.25) is 0 Å². The number of rotatable bonds is 1. The van der Waals surface area contributed by atoms with Crippen molar-refractivity contribution in [2.75, 3.05) is 0 Å². The molecule has 216 valence electrons. The lowest BCUT2D eigenvalue weighted by atomic mass is 9.99. The van der Waals surface area contributed by atoms with Gasteiger partial charge in [-0.25, -0.2) is 9.97 Å². The van der Waals surface area contributed by atoms with E-state index in [9.17, 15) is 0 Å². The zero-order chi connectivity index (χ0) is 30.4. The summed E-state index contributed by atoms with van der Waals surface area (Å²) in [5.41, 5.74) is 11.0. The largest absolute Gasteiger partial charge is 0.454 e. The Morgan fingerprint density at radius 3 is 1.91 bits per heavy atom. The molecule has 0 fully saturated rings. The predicted octanol–water partition coefficient (Wildman–Crippen LogP) is 10.9. The zero-order valence-corrected chi connectivity index (χ0v) is 24.9. The van der Waals surface area contributed by atoms with Gasteiger partial charge in [-0.3, -0.25) is 4.40 Å². The van der Waals surface area contributed by atoms with Gasteiger partial charge >= 0.3 is 0 Å². The van der Waals surface area contributed by atoms with Gasteiger partial charge in [-0.1, -0.05) is 91.0 Å². The molecular weight excluding hydrogens is 576 g/mol. The number of hydrogen-bond acceptors (Lipinski definition) is 3. The minimum Gasteiger partial charge on any atom is -0.454 e. The van der Waals surface area contributed by atoms with Crippen LogP contribution in [0.5, 0.6) is 0 Å². The molecule has 0 aliphatic carbocycles. The van der Waals surface area contributed by atoms with Crippen molar-refractivity contribution in [2.24, 2.45) is 0 Å². The van der Waals surface area contributed by atoms with E-state index in [4.69, 9.17) is 14.4 Å². The Kier molecular flexibility index (Phi) is 4.17. The lowest BCUT2D eigenvalue weighted by molar-refractivity contribution is 0.671. The van der Waals surface area contributed by atoms with E-state index in [2.05, 4.69) is 112 Å². The summed E-state index contributed by atoms with van der Waals surface area (Å²) in [7, 11) is 0. The average molecular weight is 599 g/mol. The molecule has 0 saturated heterocycles. The van der Waals surface area contributed by atoms with E-state index in [0.29, 0.717) is 0 Å². The fourth-order valence-corrected chi connectivity index (χ4v) is 8.33. The Hall–Kier alpha value is -6.46. The minimum absolute atomic E-state index is 0.884. The number of benzene rings is 7. The molecule has 5 nitrogen and oxygen atoms in total. The number of para-hydroxylation sites is 5. The Bertz CT molecular complexity index is 3310. The van der Waals surface area contributed by atoms with Crippen LogP contribution >= 0.6 is 0 Å². The van der Waals surface area contributed by atoms with E-state index in [1.807, 2.05) is 30.3 Å². The maximum absolute atomic E-state index is 6.83. The van der Waals surface area contributed by atoms with Gasteiger partial charge in [0.05, 0.1) is 33.1 Å². The molecule has 12 rings (SSSR count). The molecule has 0 radical (unpaired) electrons. The zero-order valence-electron chi connectivity index (χ0n) is 24.9. The first-order valence-electron chi connectivity index (χ1n) is 15.9.